The highest BCUT2D eigenvalue weighted by Crippen LogP contribution is 2.43. The smallest absolute Gasteiger partial charge is 0.407 e. The number of alkyl carbamates (subject to hydrolysis) is 1. The minimum Gasteiger partial charge on any atom is -0.459 e. The molecule has 202 valence electrons. The van der Waals surface area contributed by atoms with Crippen LogP contribution < -0.4 is 16.4 Å². The van der Waals surface area contributed by atoms with Crippen LogP contribution in [0, 0.1) is 0 Å². The molecule has 0 radical (unpaired) electrons. The van der Waals surface area contributed by atoms with Crippen LogP contribution in [0.4, 0.5) is 4.79 Å². The van der Waals surface area contributed by atoms with Gasteiger partial charge in [-0.05, 0) is 82.7 Å². The molecule has 1 aliphatic rings. The number of nitrogens with one attached hydrogen (secondary N) is 2. The number of hydrogen-bond donors (Lipinski definition) is 3. The number of carbonyl (C=O) groups excluding carboxylic acids is 2. The fraction of sp³-hybridized carbons (Fsp3) is 0.517. The molecule has 1 atom stereocenters. The second-order valence-corrected chi connectivity index (χ2v) is 11.2. The summed E-state index contributed by atoms with van der Waals surface area (Å²) < 4.78 is 10.9. The number of ether oxygens (including phenoxy) is 2. The Morgan fingerprint density at radius 1 is 1.08 bits per heavy atom. The maximum Gasteiger partial charge on any atom is 0.407 e. The summed E-state index contributed by atoms with van der Waals surface area (Å²) in [6.07, 6.45) is 3.60. The number of amides is 1. The molecule has 1 aliphatic carbocycles. The maximum absolute atomic E-state index is 13.0. The maximum atomic E-state index is 13.0. The van der Waals surface area contributed by atoms with E-state index in [4.69, 9.17) is 26.8 Å². The van der Waals surface area contributed by atoms with Gasteiger partial charge in [-0.25, -0.2) is 4.79 Å². The van der Waals surface area contributed by atoms with Crippen molar-refractivity contribution in [3.63, 3.8) is 0 Å². The molecule has 7 nitrogen and oxygen atoms in total. The lowest BCUT2D eigenvalue weighted by Gasteiger charge is -2.44. The summed E-state index contributed by atoms with van der Waals surface area (Å²) in [4.78, 5) is 24.9. The Morgan fingerprint density at radius 3 is 2.43 bits per heavy atom. The standard InChI is InChI=1S/C29H40ClN3O4/c1-28(2,3)37-26(34)25(31)29(22-11-7-12-23(30)19-22)15-13-24(14-16-29)32-17-8-18-33-27(35)36-20-21-9-5-4-6-10-21/h4-7,9-12,19,24-25,32H,8,13-18,20,31H2,1-3H3,(H,33,35). The van der Waals surface area contributed by atoms with Gasteiger partial charge in [-0.1, -0.05) is 54.1 Å². The Balaban J connectivity index is 1.47. The fourth-order valence-corrected chi connectivity index (χ4v) is 5.05. The topological polar surface area (TPSA) is 103 Å². The predicted octanol–water partition coefficient (Wildman–Crippen LogP) is 5.10. The van der Waals surface area contributed by atoms with E-state index in [0.717, 1.165) is 49.8 Å². The molecule has 0 heterocycles. The van der Waals surface area contributed by atoms with Crippen molar-refractivity contribution < 1.29 is 19.1 Å². The number of benzene rings is 2. The summed E-state index contributed by atoms with van der Waals surface area (Å²) >= 11 is 6.31. The molecule has 8 heteroatoms. The van der Waals surface area contributed by atoms with Crippen LogP contribution in [0.15, 0.2) is 54.6 Å². The van der Waals surface area contributed by atoms with Gasteiger partial charge in [0.15, 0.2) is 0 Å². The van der Waals surface area contributed by atoms with E-state index in [1.165, 1.54) is 0 Å². The number of hydrogen-bond acceptors (Lipinski definition) is 6. The Bertz CT molecular complexity index is 1020. The third kappa shape index (κ3) is 8.73. The Labute approximate surface area is 225 Å². The molecule has 0 spiro atoms. The molecule has 0 saturated heterocycles. The van der Waals surface area contributed by atoms with Gasteiger partial charge in [0, 0.05) is 23.0 Å². The molecule has 1 unspecified atom stereocenters. The average Bonchev–Trinajstić information content (AvgIpc) is 2.87. The third-order valence-electron chi connectivity index (χ3n) is 6.80. The molecule has 0 bridgehead atoms. The second-order valence-electron chi connectivity index (χ2n) is 10.7. The predicted molar refractivity (Wildman–Crippen MR) is 146 cm³/mol. The number of rotatable bonds is 10. The lowest BCUT2D eigenvalue weighted by Crippen LogP contribution is -2.55. The first-order valence-electron chi connectivity index (χ1n) is 13.0. The van der Waals surface area contributed by atoms with Gasteiger partial charge < -0.3 is 25.8 Å². The summed E-state index contributed by atoms with van der Waals surface area (Å²) in [6, 6.07) is 16.8. The zero-order valence-corrected chi connectivity index (χ0v) is 22.9. The fourth-order valence-electron chi connectivity index (χ4n) is 4.86. The van der Waals surface area contributed by atoms with Crippen molar-refractivity contribution in [1.29, 1.82) is 0 Å². The van der Waals surface area contributed by atoms with E-state index in [9.17, 15) is 9.59 Å². The number of esters is 1. The normalized spacial score (nSPS) is 20.6. The van der Waals surface area contributed by atoms with Gasteiger partial charge >= 0.3 is 12.1 Å². The molecule has 4 N–H and O–H groups in total. The molecule has 2 aromatic carbocycles. The van der Waals surface area contributed by atoms with Crippen LogP contribution in [0.25, 0.3) is 0 Å². The van der Waals surface area contributed by atoms with Crippen molar-refractivity contribution in [2.24, 2.45) is 5.73 Å². The molecular formula is C29H40ClN3O4. The zero-order chi connectivity index (χ0) is 26.9. The lowest BCUT2D eigenvalue weighted by molar-refractivity contribution is -0.159. The summed E-state index contributed by atoms with van der Waals surface area (Å²) in [5, 5.41) is 7.01. The molecule has 0 aliphatic heterocycles. The number of carbonyl (C=O) groups is 2. The first kappa shape index (κ1) is 29.0. The number of nitrogens with two attached hydrogens (primary N) is 1. The summed E-state index contributed by atoms with van der Waals surface area (Å²) in [5.74, 6) is -0.385. The van der Waals surface area contributed by atoms with Crippen molar-refractivity contribution in [2.75, 3.05) is 13.1 Å². The van der Waals surface area contributed by atoms with Crippen LogP contribution in [0.2, 0.25) is 5.02 Å². The van der Waals surface area contributed by atoms with Crippen LogP contribution >= 0.6 is 11.6 Å². The van der Waals surface area contributed by atoms with E-state index >= 15 is 0 Å². The van der Waals surface area contributed by atoms with Gasteiger partial charge in [-0.15, -0.1) is 0 Å². The first-order valence-corrected chi connectivity index (χ1v) is 13.4. The van der Waals surface area contributed by atoms with E-state index in [1.54, 1.807) is 0 Å². The monoisotopic (exact) mass is 529 g/mol. The van der Waals surface area contributed by atoms with Crippen molar-refractivity contribution in [3.8, 4) is 0 Å². The van der Waals surface area contributed by atoms with E-state index in [-0.39, 0.29) is 12.6 Å². The van der Waals surface area contributed by atoms with E-state index in [1.807, 2.05) is 75.4 Å². The molecule has 2 aromatic rings. The zero-order valence-electron chi connectivity index (χ0n) is 22.1. The van der Waals surface area contributed by atoms with Gasteiger partial charge in [0.05, 0.1) is 0 Å². The van der Waals surface area contributed by atoms with E-state index < -0.39 is 23.2 Å². The highest BCUT2D eigenvalue weighted by atomic mass is 35.5. The Morgan fingerprint density at radius 2 is 1.78 bits per heavy atom. The van der Waals surface area contributed by atoms with Gasteiger partial charge in [-0.3, -0.25) is 4.79 Å². The van der Waals surface area contributed by atoms with Crippen LogP contribution in [0.5, 0.6) is 0 Å². The van der Waals surface area contributed by atoms with Crippen LogP contribution in [-0.4, -0.2) is 42.8 Å². The van der Waals surface area contributed by atoms with Gasteiger partial charge in [-0.2, -0.15) is 0 Å². The Hall–Kier alpha value is -2.61. The highest BCUT2D eigenvalue weighted by molar-refractivity contribution is 6.30. The van der Waals surface area contributed by atoms with Gasteiger partial charge in [0.2, 0.25) is 0 Å². The molecule has 0 aromatic heterocycles. The quantitative estimate of drug-likeness (QED) is 0.292. The van der Waals surface area contributed by atoms with Gasteiger partial charge in [0.1, 0.15) is 18.2 Å². The van der Waals surface area contributed by atoms with Crippen molar-refractivity contribution >= 4 is 23.7 Å². The first-order chi connectivity index (χ1) is 17.6. The van der Waals surface area contributed by atoms with E-state index in [0.29, 0.717) is 17.6 Å². The Kier molecular flexibility index (Phi) is 10.4. The van der Waals surface area contributed by atoms with E-state index in [2.05, 4.69) is 10.6 Å². The summed E-state index contributed by atoms with van der Waals surface area (Å²) in [5.41, 5.74) is 7.40. The summed E-state index contributed by atoms with van der Waals surface area (Å²) in [7, 11) is 0. The molecule has 1 fully saturated rings. The van der Waals surface area contributed by atoms with Crippen LogP contribution in [-0.2, 0) is 26.3 Å². The molecule has 3 rings (SSSR count). The SMILES string of the molecule is CC(C)(C)OC(=O)C(N)C1(c2cccc(Cl)c2)CCC(NCCCNC(=O)OCc2ccccc2)CC1. The largest absolute Gasteiger partial charge is 0.459 e. The van der Waals surface area contributed by atoms with Crippen LogP contribution in [0.1, 0.15) is 64.0 Å². The second kappa shape index (κ2) is 13.3. The average molecular weight is 530 g/mol. The van der Waals surface area contributed by atoms with Crippen molar-refractivity contribution in [1.82, 2.24) is 10.6 Å². The molecule has 37 heavy (non-hydrogen) atoms. The molecule has 1 saturated carbocycles. The minimum absolute atomic E-state index is 0.257. The number of halogens is 1. The van der Waals surface area contributed by atoms with Gasteiger partial charge in [0.25, 0.3) is 0 Å². The molecular weight excluding hydrogens is 490 g/mol. The lowest BCUT2D eigenvalue weighted by atomic mass is 9.64. The molecule has 1 amide bonds. The van der Waals surface area contributed by atoms with Crippen LogP contribution in [0.3, 0.4) is 0 Å². The summed E-state index contributed by atoms with van der Waals surface area (Å²) in [6.45, 7) is 7.11. The minimum atomic E-state index is -0.780. The van der Waals surface area contributed by atoms with Crippen molar-refractivity contribution in [3.05, 3.63) is 70.7 Å². The van der Waals surface area contributed by atoms with Crippen molar-refractivity contribution in [2.45, 2.75) is 82.6 Å². The highest BCUT2D eigenvalue weighted by Gasteiger charge is 2.46. The third-order valence-corrected chi connectivity index (χ3v) is 7.04.